The molecule has 0 bridgehead atoms. The van der Waals surface area contributed by atoms with Crippen LogP contribution in [0.5, 0.6) is 0 Å². The minimum Gasteiger partial charge on any atom is -0.374 e. The van der Waals surface area contributed by atoms with Gasteiger partial charge >= 0.3 is 0 Å². The van der Waals surface area contributed by atoms with Gasteiger partial charge in [-0.1, -0.05) is 56.7 Å². The molecule has 0 amide bonds. The lowest BCUT2D eigenvalue weighted by atomic mass is 9.92. The van der Waals surface area contributed by atoms with Crippen LogP contribution >= 0.6 is 0 Å². The minimum absolute atomic E-state index is 0.421. The van der Waals surface area contributed by atoms with Crippen LogP contribution in [0.2, 0.25) is 0 Å². The van der Waals surface area contributed by atoms with Crippen molar-refractivity contribution in [2.45, 2.75) is 38.7 Å². The Labute approximate surface area is 93.5 Å². The van der Waals surface area contributed by atoms with Crippen LogP contribution < -0.4 is 0 Å². The first-order valence-electron chi connectivity index (χ1n) is 5.94. The fraction of sp³-hybridized carbons (Fsp3) is 0.571. The first-order valence-corrected chi connectivity index (χ1v) is 5.94. The van der Waals surface area contributed by atoms with Gasteiger partial charge in [-0.2, -0.15) is 0 Å². The third-order valence-corrected chi connectivity index (χ3v) is 2.79. The number of ether oxygens (including phenoxy) is 1. The summed E-state index contributed by atoms with van der Waals surface area (Å²) < 4.78 is 5.78. The van der Waals surface area contributed by atoms with E-state index in [0.717, 1.165) is 13.0 Å². The Morgan fingerprint density at radius 1 is 1.53 bits per heavy atom. The molecule has 0 radical (unpaired) electrons. The maximum Gasteiger partial charge on any atom is 0.0651 e. The average molecular weight is 206 g/mol. The molecule has 0 unspecified atom stereocenters. The second-order valence-corrected chi connectivity index (χ2v) is 4.01. The van der Waals surface area contributed by atoms with E-state index >= 15 is 0 Å². The molecule has 1 aliphatic heterocycles. The van der Waals surface area contributed by atoms with Crippen molar-refractivity contribution in [3.63, 3.8) is 0 Å². The standard InChI is InChI=1S/C14H22O/c1-3-5-7-9-13-10-8-12-15-14(13)11-6-4-2/h3,5,7-8,10,13-14H,1,4,6,9,11-12H2,2H3/b7-5-/t13-,14-/m1/s1. The molecule has 0 aliphatic carbocycles. The molecule has 0 fully saturated rings. The van der Waals surface area contributed by atoms with Crippen LogP contribution in [0.25, 0.3) is 0 Å². The fourth-order valence-corrected chi connectivity index (χ4v) is 1.92. The zero-order valence-corrected chi connectivity index (χ0v) is 9.69. The highest BCUT2D eigenvalue weighted by molar-refractivity contribution is 5.03. The summed E-state index contributed by atoms with van der Waals surface area (Å²) in [6.07, 6.45) is 15.6. The van der Waals surface area contributed by atoms with Crippen molar-refractivity contribution >= 4 is 0 Å². The SMILES string of the molecule is C=C/C=C\C[C@@H]1C=CCO[C@@H]1CCCC. The van der Waals surface area contributed by atoms with Crippen LogP contribution in [0.3, 0.4) is 0 Å². The Hall–Kier alpha value is -0.820. The second-order valence-electron chi connectivity index (χ2n) is 4.01. The van der Waals surface area contributed by atoms with Gasteiger partial charge in [0, 0.05) is 5.92 Å². The molecule has 1 heterocycles. The average Bonchev–Trinajstić information content (AvgIpc) is 2.28. The molecule has 0 aromatic carbocycles. The van der Waals surface area contributed by atoms with E-state index in [1.54, 1.807) is 0 Å². The third-order valence-electron chi connectivity index (χ3n) is 2.79. The molecule has 84 valence electrons. The van der Waals surface area contributed by atoms with Gasteiger partial charge in [0.05, 0.1) is 12.7 Å². The van der Waals surface area contributed by atoms with Crippen molar-refractivity contribution in [3.8, 4) is 0 Å². The Balaban J connectivity index is 2.41. The maximum atomic E-state index is 5.78. The summed E-state index contributed by atoms with van der Waals surface area (Å²) in [5.41, 5.74) is 0. The van der Waals surface area contributed by atoms with Crippen molar-refractivity contribution < 1.29 is 4.74 Å². The van der Waals surface area contributed by atoms with Gasteiger partial charge in [-0.25, -0.2) is 0 Å². The molecule has 1 rings (SSSR count). The van der Waals surface area contributed by atoms with E-state index in [-0.39, 0.29) is 0 Å². The zero-order valence-electron chi connectivity index (χ0n) is 9.69. The number of hydrogen-bond donors (Lipinski definition) is 0. The van der Waals surface area contributed by atoms with Crippen LogP contribution in [0.4, 0.5) is 0 Å². The lowest BCUT2D eigenvalue weighted by Crippen LogP contribution is -2.25. The highest BCUT2D eigenvalue weighted by Gasteiger charge is 2.20. The lowest BCUT2D eigenvalue weighted by molar-refractivity contribution is 0.0266. The molecule has 0 saturated heterocycles. The van der Waals surface area contributed by atoms with Gasteiger partial charge in [-0.3, -0.25) is 0 Å². The first kappa shape index (κ1) is 12.3. The molecule has 1 heteroatoms. The highest BCUT2D eigenvalue weighted by Crippen LogP contribution is 2.23. The molecule has 1 nitrogen and oxygen atoms in total. The summed E-state index contributed by atoms with van der Waals surface area (Å²) in [4.78, 5) is 0. The van der Waals surface area contributed by atoms with E-state index in [1.165, 1.54) is 19.3 Å². The van der Waals surface area contributed by atoms with Crippen LogP contribution in [0.15, 0.2) is 37.0 Å². The van der Waals surface area contributed by atoms with Crippen molar-refractivity contribution in [2.24, 2.45) is 5.92 Å². The van der Waals surface area contributed by atoms with E-state index in [4.69, 9.17) is 4.74 Å². The molecule has 0 saturated carbocycles. The van der Waals surface area contributed by atoms with Crippen molar-refractivity contribution in [1.82, 2.24) is 0 Å². The molecule has 15 heavy (non-hydrogen) atoms. The zero-order chi connectivity index (χ0) is 10.9. The number of hydrogen-bond acceptors (Lipinski definition) is 1. The Morgan fingerprint density at radius 3 is 3.13 bits per heavy atom. The van der Waals surface area contributed by atoms with Crippen molar-refractivity contribution in [1.29, 1.82) is 0 Å². The summed E-state index contributed by atoms with van der Waals surface area (Å²) >= 11 is 0. The van der Waals surface area contributed by atoms with Gasteiger partial charge in [-0.05, 0) is 12.8 Å². The summed E-state index contributed by atoms with van der Waals surface area (Å²) in [6, 6.07) is 0. The predicted octanol–water partition coefficient (Wildman–Crippen LogP) is 3.88. The molecule has 0 aromatic heterocycles. The summed E-state index contributed by atoms with van der Waals surface area (Å²) in [7, 11) is 0. The van der Waals surface area contributed by atoms with E-state index in [2.05, 4.69) is 31.7 Å². The number of rotatable bonds is 6. The van der Waals surface area contributed by atoms with Gasteiger partial charge in [0.25, 0.3) is 0 Å². The second kappa shape index (κ2) is 7.47. The summed E-state index contributed by atoms with van der Waals surface area (Å²) in [5, 5.41) is 0. The normalized spacial score (nSPS) is 25.9. The van der Waals surface area contributed by atoms with Crippen LogP contribution in [0.1, 0.15) is 32.6 Å². The molecule has 1 aliphatic rings. The largest absolute Gasteiger partial charge is 0.374 e. The molecule has 0 aromatic rings. The van der Waals surface area contributed by atoms with E-state index in [9.17, 15) is 0 Å². The number of allylic oxidation sites excluding steroid dienone is 3. The quantitative estimate of drug-likeness (QED) is 0.473. The van der Waals surface area contributed by atoms with Crippen molar-refractivity contribution in [3.05, 3.63) is 37.0 Å². The Kier molecular flexibility index (Phi) is 6.10. The van der Waals surface area contributed by atoms with Gasteiger partial charge in [0.1, 0.15) is 0 Å². The first-order chi connectivity index (χ1) is 7.38. The third kappa shape index (κ3) is 4.48. The Morgan fingerprint density at radius 2 is 2.40 bits per heavy atom. The van der Waals surface area contributed by atoms with E-state index in [1.807, 2.05) is 12.2 Å². The van der Waals surface area contributed by atoms with E-state index < -0.39 is 0 Å². The predicted molar refractivity (Wildman–Crippen MR) is 65.8 cm³/mol. The van der Waals surface area contributed by atoms with E-state index in [0.29, 0.717) is 12.0 Å². The van der Waals surface area contributed by atoms with Gasteiger partial charge in [0.2, 0.25) is 0 Å². The molecule has 0 spiro atoms. The molecule has 0 N–H and O–H groups in total. The monoisotopic (exact) mass is 206 g/mol. The van der Waals surface area contributed by atoms with Gasteiger partial charge in [-0.15, -0.1) is 0 Å². The minimum atomic E-state index is 0.421. The van der Waals surface area contributed by atoms with Crippen LogP contribution in [-0.4, -0.2) is 12.7 Å². The maximum absolute atomic E-state index is 5.78. The Bertz CT molecular complexity index is 227. The lowest BCUT2D eigenvalue weighted by Gasteiger charge is -2.27. The van der Waals surface area contributed by atoms with Crippen LogP contribution in [-0.2, 0) is 4.74 Å². The smallest absolute Gasteiger partial charge is 0.0651 e. The topological polar surface area (TPSA) is 9.23 Å². The molecular weight excluding hydrogens is 184 g/mol. The number of unbranched alkanes of at least 4 members (excludes halogenated alkanes) is 1. The van der Waals surface area contributed by atoms with Crippen LogP contribution in [0, 0.1) is 5.92 Å². The van der Waals surface area contributed by atoms with Gasteiger partial charge < -0.3 is 4.74 Å². The van der Waals surface area contributed by atoms with Crippen molar-refractivity contribution in [2.75, 3.05) is 6.61 Å². The fourth-order valence-electron chi connectivity index (χ4n) is 1.92. The summed E-state index contributed by atoms with van der Waals surface area (Å²) in [6.45, 7) is 6.69. The highest BCUT2D eigenvalue weighted by atomic mass is 16.5. The molecule has 2 atom stereocenters. The van der Waals surface area contributed by atoms with Gasteiger partial charge in [0.15, 0.2) is 0 Å². The molecular formula is C14H22O. The summed E-state index contributed by atoms with van der Waals surface area (Å²) in [5.74, 6) is 0.557.